The molecule has 1 aliphatic heterocycles. The Morgan fingerprint density at radius 3 is 2.18 bits per heavy atom. The summed E-state index contributed by atoms with van der Waals surface area (Å²) < 4.78 is 28.2. The van der Waals surface area contributed by atoms with Crippen molar-refractivity contribution < 1.29 is 22.7 Å². The molecule has 0 bridgehead atoms. The number of nitrogens with one attached hydrogen (secondary N) is 1. The quantitative estimate of drug-likeness (QED) is 0.768. The molecule has 148 valence electrons. The van der Waals surface area contributed by atoms with Crippen molar-refractivity contribution in [2.24, 2.45) is 0 Å². The maximum Gasteiger partial charge on any atom is 0.337 e. The third kappa shape index (κ3) is 4.76. The zero-order valence-electron chi connectivity index (χ0n) is 15.5. The van der Waals surface area contributed by atoms with Gasteiger partial charge in [0.1, 0.15) is 6.04 Å². The summed E-state index contributed by atoms with van der Waals surface area (Å²) in [6.07, 6.45) is 0. The third-order valence-electron chi connectivity index (χ3n) is 4.68. The van der Waals surface area contributed by atoms with Crippen LogP contribution in [0.25, 0.3) is 0 Å². The summed E-state index contributed by atoms with van der Waals surface area (Å²) in [4.78, 5) is 26.5. The first-order chi connectivity index (χ1) is 13.4. The van der Waals surface area contributed by atoms with Crippen molar-refractivity contribution in [3.63, 3.8) is 0 Å². The summed E-state index contributed by atoms with van der Waals surface area (Å²) in [5.74, 6) is -0.625. The summed E-state index contributed by atoms with van der Waals surface area (Å²) in [5.41, 5.74) is 1.73. The first kappa shape index (κ1) is 20.0. The van der Waals surface area contributed by atoms with E-state index in [1.165, 1.54) is 7.11 Å². The Hall–Kier alpha value is -2.71. The van der Waals surface area contributed by atoms with Gasteiger partial charge in [0.25, 0.3) is 0 Å². The first-order valence-corrected chi connectivity index (χ1v) is 10.7. The second kappa shape index (κ2) is 8.53. The first-order valence-electron chi connectivity index (χ1n) is 8.88. The van der Waals surface area contributed by atoms with Crippen LogP contribution in [-0.4, -0.2) is 56.9 Å². The molecule has 7 nitrogen and oxygen atoms in total. The number of carbonyl (C=O) groups is 2. The molecule has 2 aromatic rings. The maximum atomic E-state index is 13.1. The fraction of sp³-hybridized carbons (Fsp3) is 0.300. The Morgan fingerprint density at radius 1 is 1.00 bits per heavy atom. The largest absolute Gasteiger partial charge is 0.465 e. The average Bonchev–Trinajstić information content (AvgIpc) is 2.70. The Bertz CT molecular complexity index is 928. The highest BCUT2D eigenvalue weighted by molar-refractivity contribution is 7.91. The van der Waals surface area contributed by atoms with Crippen LogP contribution >= 0.6 is 0 Å². The maximum absolute atomic E-state index is 13.1. The SMILES string of the molecule is COC(=O)c1ccc(NC(=O)C(c2ccccc2)N2CCS(=O)(=O)CC2)cc1. The number of methoxy groups -OCH3 is 1. The van der Waals surface area contributed by atoms with Gasteiger partial charge in [-0.25, -0.2) is 13.2 Å². The molecule has 1 aliphatic rings. The van der Waals surface area contributed by atoms with E-state index in [1.807, 2.05) is 35.2 Å². The van der Waals surface area contributed by atoms with E-state index in [4.69, 9.17) is 0 Å². The van der Waals surface area contributed by atoms with E-state index in [-0.39, 0.29) is 17.4 Å². The van der Waals surface area contributed by atoms with E-state index in [2.05, 4.69) is 10.1 Å². The van der Waals surface area contributed by atoms with E-state index in [1.54, 1.807) is 24.3 Å². The lowest BCUT2D eigenvalue weighted by Gasteiger charge is -2.33. The number of hydrogen-bond donors (Lipinski definition) is 1. The van der Waals surface area contributed by atoms with Gasteiger partial charge in [-0.2, -0.15) is 0 Å². The van der Waals surface area contributed by atoms with Crippen molar-refractivity contribution >= 4 is 27.4 Å². The van der Waals surface area contributed by atoms with E-state index < -0.39 is 21.8 Å². The zero-order valence-corrected chi connectivity index (χ0v) is 16.3. The van der Waals surface area contributed by atoms with Gasteiger partial charge in [-0.15, -0.1) is 0 Å². The molecule has 0 aromatic heterocycles. The minimum atomic E-state index is -3.05. The van der Waals surface area contributed by atoms with E-state index in [0.717, 1.165) is 5.56 Å². The predicted molar refractivity (Wildman–Crippen MR) is 106 cm³/mol. The average molecular weight is 402 g/mol. The van der Waals surface area contributed by atoms with Crippen LogP contribution in [0.3, 0.4) is 0 Å². The Morgan fingerprint density at radius 2 is 1.61 bits per heavy atom. The van der Waals surface area contributed by atoms with E-state index in [9.17, 15) is 18.0 Å². The van der Waals surface area contributed by atoms with E-state index >= 15 is 0 Å². The molecule has 0 spiro atoms. The van der Waals surface area contributed by atoms with Crippen molar-refractivity contribution in [3.05, 3.63) is 65.7 Å². The third-order valence-corrected chi connectivity index (χ3v) is 6.29. The molecule has 1 N–H and O–H groups in total. The lowest BCUT2D eigenvalue weighted by atomic mass is 10.0. The molecule has 2 aromatic carbocycles. The van der Waals surface area contributed by atoms with Gasteiger partial charge in [-0.05, 0) is 29.8 Å². The molecule has 1 unspecified atom stereocenters. The van der Waals surface area contributed by atoms with Crippen molar-refractivity contribution in [2.45, 2.75) is 6.04 Å². The van der Waals surface area contributed by atoms with Crippen LogP contribution in [0.4, 0.5) is 5.69 Å². The van der Waals surface area contributed by atoms with Crippen LogP contribution in [0, 0.1) is 0 Å². The molecular weight excluding hydrogens is 380 g/mol. The molecule has 3 rings (SSSR count). The van der Waals surface area contributed by atoms with Gasteiger partial charge in [0.15, 0.2) is 9.84 Å². The normalized spacial score (nSPS) is 17.5. The highest BCUT2D eigenvalue weighted by Gasteiger charge is 2.32. The van der Waals surface area contributed by atoms with Crippen molar-refractivity contribution in [3.8, 4) is 0 Å². The van der Waals surface area contributed by atoms with Gasteiger partial charge in [-0.3, -0.25) is 9.69 Å². The number of benzene rings is 2. The lowest BCUT2D eigenvalue weighted by molar-refractivity contribution is -0.121. The fourth-order valence-electron chi connectivity index (χ4n) is 3.17. The number of nitrogens with zero attached hydrogens (tertiary/aromatic N) is 1. The number of anilines is 1. The highest BCUT2D eigenvalue weighted by Crippen LogP contribution is 2.25. The molecule has 1 amide bonds. The topological polar surface area (TPSA) is 92.8 Å². The van der Waals surface area contributed by atoms with Crippen LogP contribution in [0.2, 0.25) is 0 Å². The molecule has 1 fully saturated rings. The minimum Gasteiger partial charge on any atom is -0.465 e. The molecule has 0 radical (unpaired) electrons. The standard InChI is InChI=1S/C20H22N2O5S/c1-27-20(24)16-7-9-17(10-8-16)21-19(23)18(15-5-3-2-4-6-15)22-11-13-28(25,26)14-12-22/h2-10,18H,11-14H2,1H3,(H,21,23). The second-order valence-corrected chi connectivity index (χ2v) is 8.86. The summed E-state index contributed by atoms with van der Waals surface area (Å²) in [7, 11) is -1.74. The van der Waals surface area contributed by atoms with Crippen LogP contribution in [0.15, 0.2) is 54.6 Å². The number of hydrogen-bond acceptors (Lipinski definition) is 6. The van der Waals surface area contributed by atoms with Gasteiger partial charge in [0, 0.05) is 18.8 Å². The fourth-order valence-corrected chi connectivity index (χ4v) is 4.40. The molecule has 0 saturated carbocycles. The molecular formula is C20H22N2O5S. The number of esters is 1. The Kier molecular flexibility index (Phi) is 6.11. The van der Waals surface area contributed by atoms with Gasteiger partial charge in [0.2, 0.25) is 5.91 Å². The zero-order chi connectivity index (χ0) is 20.1. The molecule has 8 heteroatoms. The van der Waals surface area contributed by atoms with Crippen molar-refractivity contribution in [1.82, 2.24) is 4.90 Å². The van der Waals surface area contributed by atoms with E-state index in [0.29, 0.717) is 24.3 Å². The number of amides is 1. The number of ether oxygens (including phenoxy) is 1. The van der Waals surface area contributed by atoms with Gasteiger partial charge in [-0.1, -0.05) is 30.3 Å². The van der Waals surface area contributed by atoms with Crippen molar-refractivity contribution in [1.29, 1.82) is 0 Å². The van der Waals surface area contributed by atoms with Gasteiger partial charge >= 0.3 is 5.97 Å². The summed E-state index contributed by atoms with van der Waals surface area (Å²) in [6, 6.07) is 15.1. The molecule has 0 aliphatic carbocycles. The monoisotopic (exact) mass is 402 g/mol. The summed E-state index contributed by atoms with van der Waals surface area (Å²) in [5, 5.41) is 2.86. The molecule has 28 heavy (non-hydrogen) atoms. The second-order valence-electron chi connectivity index (χ2n) is 6.56. The Labute approximate surface area is 164 Å². The molecule has 1 atom stereocenters. The van der Waals surface area contributed by atoms with Crippen molar-refractivity contribution in [2.75, 3.05) is 37.0 Å². The summed E-state index contributed by atoms with van der Waals surface area (Å²) in [6.45, 7) is 0.604. The lowest BCUT2D eigenvalue weighted by Crippen LogP contribution is -2.46. The minimum absolute atomic E-state index is 0.0391. The smallest absolute Gasteiger partial charge is 0.337 e. The van der Waals surface area contributed by atoms with Gasteiger partial charge in [0.05, 0.1) is 24.2 Å². The van der Waals surface area contributed by atoms with Gasteiger partial charge < -0.3 is 10.1 Å². The molecule has 1 saturated heterocycles. The van der Waals surface area contributed by atoms with Crippen LogP contribution < -0.4 is 5.32 Å². The number of sulfone groups is 1. The molecule has 1 heterocycles. The number of rotatable bonds is 5. The van der Waals surface area contributed by atoms with Crippen LogP contribution in [-0.2, 0) is 19.4 Å². The van der Waals surface area contributed by atoms with Crippen LogP contribution in [0.5, 0.6) is 0 Å². The summed E-state index contributed by atoms with van der Waals surface area (Å²) >= 11 is 0. The number of carbonyl (C=O) groups excluding carboxylic acids is 2. The Balaban J connectivity index is 1.80. The predicted octanol–water partition coefficient (Wildman–Crippen LogP) is 1.88. The highest BCUT2D eigenvalue weighted by atomic mass is 32.2. The van der Waals surface area contributed by atoms with Crippen LogP contribution in [0.1, 0.15) is 22.0 Å².